The average molecular weight is 343 g/mol. The van der Waals surface area contributed by atoms with Crippen LogP contribution in [0.25, 0.3) is 0 Å². The van der Waals surface area contributed by atoms with Crippen LogP contribution in [0.2, 0.25) is 0 Å². The van der Waals surface area contributed by atoms with Gasteiger partial charge >= 0.3 is 0 Å². The molecule has 0 unspecified atom stereocenters. The molecule has 1 aromatic rings. The molecule has 25 heavy (non-hydrogen) atoms. The van der Waals surface area contributed by atoms with Crippen molar-refractivity contribution in [3.8, 4) is 0 Å². The fraction of sp³-hybridized carbons (Fsp3) is 0.600. The molecule has 0 spiro atoms. The van der Waals surface area contributed by atoms with Gasteiger partial charge in [0.2, 0.25) is 11.8 Å². The van der Waals surface area contributed by atoms with Crippen LogP contribution in [0.3, 0.4) is 0 Å². The number of benzene rings is 1. The van der Waals surface area contributed by atoms with Gasteiger partial charge in [-0.3, -0.25) is 9.59 Å². The topological polar surface area (TPSA) is 84.2 Å². The van der Waals surface area contributed by atoms with Gasteiger partial charge in [-0.25, -0.2) is 0 Å². The molecule has 0 radical (unpaired) electrons. The Morgan fingerprint density at radius 3 is 2.28 bits per heavy atom. The largest absolute Gasteiger partial charge is 0.330 e. The molecule has 3 rings (SSSR count). The first-order valence-corrected chi connectivity index (χ1v) is 9.59. The Hall–Kier alpha value is -1.88. The highest BCUT2D eigenvalue weighted by atomic mass is 16.2. The third-order valence-corrected chi connectivity index (χ3v) is 5.67. The van der Waals surface area contributed by atoms with E-state index in [0.717, 1.165) is 56.3 Å². The van der Waals surface area contributed by atoms with Crippen LogP contribution >= 0.6 is 0 Å². The molecular formula is C20H29N3O2. The van der Waals surface area contributed by atoms with Gasteiger partial charge in [-0.05, 0) is 56.3 Å². The summed E-state index contributed by atoms with van der Waals surface area (Å²) in [7, 11) is 0. The van der Waals surface area contributed by atoms with E-state index < -0.39 is 0 Å². The van der Waals surface area contributed by atoms with E-state index in [-0.39, 0.29) is 29.6 Å². The summed E-state index contributed by atoms with van der Waals surface area (Å²) in [5.41, 5.74) is 7.25. The van der Waals surface area contributed by atoms with Crippen molar-refractivity contribution in [2.75, 3.05) is 17.2 Å². The zero-order valence-electron chi connectivity index (χ0n) is 14.8. The summed E-state index contributed by atoms with van der Waals surface area (Å²) >= 11 is 0. The zero-order valence-corrected chi connectivity index (χ0v) is 14.8. The minimum Gasteiger partial charge on any atom is -0.330 e. The summed E-state index contributed by atoms with van der Waals surface area (Å²) in [5, 5.41) is 6.00. The molecule has 0 aromatic heterocycles. The first-order valence-electron chi connectivity index (χ1n) is 9.59. The molecule has 0 aliphatic heterocycles. The van der Waals surface area contributed by atoms with Gasteiger partial charge in [0.1, 0.15) is 0 Å². The van der Waals surface area contributed by atoms with Gasteiger partial charge in [-0.2, -0.15) is 0 Å². The van der Waals surface area contributed by atoms with Gasteiger partial charge in [-0.1, -0.05) is 31.7 Å². The van der Waals surface area contributed by atoms with Crippen molar-refractivity contribution < 1.29 is 9.59 Å². The first kappa shape index (κ1) is 17.9. The van der Waals surface area contributed by atoms with Crippen LogP contribution in [0.1, 0.15) is 51.4 Å². The van der Waals surface area contributed by atoms with Crippen LogP contribution in [0.4, 0.5) is 11.4 Å². The Labute approximate surface area is 149 Å². The zero-order chi connectivity index (χ0) is 17.6. The van der Waals surface area contributed by atoms with Crippen LogP contribution in [0.5, 0.6) is 0 Å². The molecule has 0 bridgehead atoms. The van der Waals surface area contributed by atoms with Crippen LogP contribution in [0.15, 0.2) is 24.3 Å². The molecule has 2 atom stereocenters. The van der Waals surface area contributed by atoms with E-state index in [1.165, 1.54) is 6.42 Å². The number of hydrogen-bond acceptors (Lipinski definition) is 3. The third-order valence-electron chi connectivity index (χ3n) is 5.67. The molecular weight excluding hydrogens is 314 g/mol. The van der Waals surface area contributed by atoms with Gasteiger partial charge in [0.05, 0.1) is 0 Å². The summed E-state index contributed by atoms with van der Waals surface area (Å²) in [6.07, 6.45) is 8.47. The first-order chi connectivity index (χ1) is 12.2. The molecule has 5 nitrogen and oxygen atoms in total. The van der Waals surface area contributed by atoms with Crippen molar-refractivity contribution in [1.29, 1.82) is 0 Å². The summed E-state index contributed by atoms with van der Waals surface area (Å²) in [6, 6.07) is 7.43. The van der Waals surface area contributed by atoms with E-state index >= 15 is 0 Å². The monoisotopic (exact) mass is 343 g/mol. The SMILES string of the molecule is NC[C@H]1CCC[C@H]1C(=O)Nc1cccc(NC(=O)C2CCCCC2)c1. The summed E-state index contributed by atoms with van der Waals surface area (Å²) in [5.74, 6) is 0.557. The second-order valence-electron chi connectivity index (χ2n) is 7.43. The lowest BCUT2D eigenvalue weighted by Gasteiger charge is -2.21. The van der Waals surface area contributed by atoms with Crippen molar-refractivity contribution in [1.82, 2.24) is 0 Å². The lowest BCUT2D eigenvalue weighted by atomic mass is 9.88. The van der Waals surface area contributed by atoms with Gasteiger partial charge in [-0.15, -0.1) is 0 Å². The van der Waals surface area contributed by atoms with Crippen LogP contribution < -0.4 is 16.4 Å². The molecule has 0 heterocycles. The van der Waals surface area contributed by atoms with E-state index in [1.807, 2.05) is 24.3 Å². The molecule has 1 aromatic carbocycles. The highest BCUT2D eigenvalue weighted by Gasteiger charge is 2.31. The van der Waals surface area contributed by atoms with Crippen molar-refractivity contribution in [3.05, 3.63) is 24.3 Å². The van der Waals surface area contributed by atoms with Crippen molar-refractivity contribution in [2.45, 2.75) is 51.4 Å². The Bertz CT molecular complexity index is 611. The standard InChI is InChI=1S/C20H29N3O2/c21-13-15-8-4-11-18(15)20(25)23-17-10-5-9-16(12-17)22-19(24)14-6-2-1-3-7-14/h5,9-10,12,14-15,18H,1-4,6-8,11,13,21H2,(H,22,24)(H,23,25)/t15-,18-/m1/s1. The molecule has 4 N–H and O–H groups in total. The maximum absolute atomic E-state index is 12.5. The van der Waals surface area contributed by atoms with E-state index in [4.69, 9.17) is 5.73 Å². The summed E-state index contributed by atoms with van der Waals surface area (Å²) in [6.45, 7) is 0.565. The van der Waals surface area contributed by atoms with Gasteiger partial charge in [0.15, 0.2) is 0 Å². The molecule has 2 aliphatic carbocycles. The normalized spacial score (nSPS) is 24.0. The Kier molecular flexibility index (Phi) is 6.08. The minimum absolute atomic E-state index is 0.00508. The van der Waals surface area contributed by atoms with Crippen LogP contribution in [0, 0.1) is 17.8 Å². The second kappa shape index (κ2) is 8.48. The summed E-state index contributed by atoms with van der Waals surface area (Å²) < 4.78 is 0. The number of anilines is 2. The highest BCUT2D eigenvalue weighted by molar-refractivity contribution is 5.95. The Morgan fingerprint density at radius 2 is 1.60 bits per heavy atom. The highest BCUT2D eigenvalue weighted by Crippen LogP contribution is 2.32. The average Bonchev–Trinajstić information content (AvgIpc) is 3.11. The smallest absolute Gasteiger partial charge is 0.227 e. The number of amides is 2. The van der Waals surface area contributed by atoms with E-state index in [9.17, 15) is 9.59 Å². The molecule has 0 saturated heterocycles. The molecule has 5 heteroatoms. The van der Waals surface area contributed by atoms with E-state index in [2.05, 4.69) is 10.6 Å². The van der Waals surface area contributed by atoms with Gasteiger partial charge < -0.3 is 16.4 Å². The fourth-order valence-electron chi connectivity index (χ4n) is 4.18. The van der Waals surface area contributed by atoms with E-state index in [0.29, 0.717) is 6.54 Å². The lowest BCUT2D eigenvalue weighted by Crippen LogP contribution is -2.29. The maximum atomic E-state index is 12.5. The van der Waals surface area contributed by atoms with Crippen LogP contribution in [-0.4, -0.2) is 18.4 Å². The lowest BCUT2D eigenvalue weighted by molar-refractivity contribution is -0.121. The number of rotatable bonds is 5. The van der Waals surface area contributed by atoms with Crippen molar-refractivity contribution in [3.63, 3.8) is 0 Å². The second-order valence-corrected chi connectivity index (χ2v) is 7.43. The quantitative estimate of drug-likeness (QED) is 0.765. The van der Waals surface area contributed by atoms with Gasteiger partial charge in [0.25, 0.3) is 0 Å². The van der Waals surface area contributed by atoms with Crippen molar-refractivity contribution in [2.24, 2.45) is 23.5 Å². The number of nitrogens with one attached hydrogen (secondary N) is 2. The number of nitrogens with two attached hydrogens (primary N) is 1. The Balaban J connectivity index is 1.59. The van der Waals surface area contributed by atoms with Gasteiger partial charge in [0, 0.05) is 23.2 Å². The predicted molar refractivity (Wildman–Crippen MR) is 100 cm³/mol. The minimum atomic E-state index is 0.00508. The molecule has 136 valence electrons. The van der Waals surface area contributed by atoms with E-state index in [1.54, 1.807) is 0 Å². The van der Waals surface area contributed by atoms with Crippen LogP contribution in [-0.2, 0) is 9.59 Å². The molecule has 2 saturated carbocycles. The molecule has 2 aliphatic rings. The fourth-order valence-corrected chi connectivity index (χ4v) is 4.18. The number of carbonyl (C=O) groups is 2. The molecule has 2 fully saturated rings. The maximum Gasteiger partial charge on any atom is 0.227 e. The summed E-state index contributed by atoms with van der Waals surface area (Å²) in [4.78, 5) is 24.9. The third kappa shape index (κ3) is 4.60. The number of hydrogen-bond donors (Lipinski definition) is 3. The molecule has 2 amide bonds. The predicted octanol–water partition coefficient (Wildman–Crippen LogP) is 3.52. The van der Waals surface area contributed by atoms with Crippen molar-refractivity contribution >= 4 is 23.2 Å². The Morgan fingerprint density at radius 1 is 0.920 bits per heavy atom. The number of carbonyl (C=O) groups excluding carboxylic acids is 2.